The van der Waals surface area contributed by atoms with Crippen molar-refractivity contribution >= 4 is 17.2 Å². The molecule has 17 heavy (non-hydrogen) atoms. The summed E-state index contributed by atoms with van der Waals surface area (Å²) in [4.78, 5) is 14.6. The number of amides is 1. The number of hydrogen-bond donors (Lipinski definition) is 1. The summed E-state index contributed by atoms with van der Waals surface area (Å²) in [6.07, 6.45) is 3.34. The molecule has 90 valence electrons. The van der Waals surface area contributed by atoms with Crippen LogP contribution in [0.4, 0.5) is 0 Å². The topological polar surface area (TPSA) is 32.3 Å². The molecule has 1 aromatic heterocycles. The quantitative estimate of drug-likeness (QED) is 0.869. The summed E-state index contributed by atoms with van der Waals surface area (Å²) >= 11 is 1.71. The van der Waals surface area contributed by atoms with Gasteiger partial charge in [0.15, 0.2) is 0 Å². The zero-order valence-corrected chi connectivity index (χ0v) is 10.7. The molecule has 3 atom stereocenters. The molecule has 4 rings (SSSR count). The van der Waals surface area contributed by atoms with Gasteiger partial charge in [-0.25, -0.2) is 0 Å². The van der Waals surface area contributed by atoms with Crippen molar-refractivity contribution in [3.8, 4) is 0 Å². The van der Waals surface area contributed by atoms with Gasteiger partial charge in [0.2, 0.25) is 5.91 Å². The number of nitrogens with zero attached hydrogens (tertiary/aromatic N) is 1. The highest BCUT2D eigenvalue weighted by molar-refractivity contribution is 7.07. The summed E-state index contributed by atoms with van der Waals surface area (Å²) < 4.78 is 0. The van der Waals surface area contributed by atoms with E-state index in [0.29, 0.717) is 17.9 Å². The van der Waals surface area contributed by atoms with Gasteiger partial charge in [0.05, 0.1) is 0 Å². The maximum Gasteiger partial charge on any atom is 0.244 e. The highest BCUT2D eigenvalue weighted by Crippen LogP contribution is 2.51. The van der Waals surface area contributed by atoms with Gasteiger partial charge in [-0.1, -0.05) is 6.92 Å². The molecule has 1 aromatic rings. The summed E-state index contributed by atoms with van der Waals surface area (Å²) in [7, 11) is 0. The second-order valence-corrected chi connectivity index (χ2v) is 6.46. The van der Waals surface area contributed by atoms with Crippen LogP contribution in [0.3, 0.4) is 0 Å². The Bertz CT molecular complexity index is 466. The van der Waals surface area contributed by atoms with Gasteiger partial charge in [0.1, 0.15) is 11.7 Å². The molecule has 0 aromatic carbocycles. The smallest absolute Gasteiger partial charge is 0.244 e. The van der Waals surface area contributed by atoms with Crippen LogP contribution >= 0.6 is 11.3 Å². The predicted molar refractivity (Wildman–Crippen MR) is 66.6 cm³/mol. The van der Waals surface area contributed by atoms with Gasteiger partial charge in [-0.3, -0.25) is 10.1 Å². The normalized spacial score (nSPS) is 37.8. The molecule has 3 aliphatic rings. The third-order valence-electron chi connectivity index (χ3n) is 4.37. The van der Waals surface area contributed by atoms with Gasteiger partial charge in [-0.15, -0.1) is 0 Å². The molecule has 2 heterocycles. The zero-order chi connectivity index (χ0) is 11.6. The molecule has 3 unspecified atom stereocenters. The summed E-state index contributed by atoms with van der Waals surface area (Å²) in [6.45, 7) is 2.24. The Balaban J connectivity index is 1.70. The highest BCUT2D eigenvalue weighted by Gasteiger charge is 2.62. The van der Waals surface area contributed by atoms with E-state index >= 15 is 0 Å². The minimum atomic E-state index is -0.186. The molecule has 2 aliphatic carbocycles. The average Bonchev–Trinajstić information content (AvgIpc) is 3.13. The van der Waals surface area contributed by atoms with Crippen LogP contribution in [0.2, 0.25) is 0 Å². The Labute approximate surface area is 105 Å². The summed E-state index contributed by atoms with van der Waals surface area (Å²) in [5.74, 6) is 1.03. The maximum absolute atomic E-state index is 12.5. The summed E-state index contributed by atoms with van der Waals surface area (Å²) in [6, 6.07) is 2.61. The first-order chi connectivity index (χ1) is 8.21. The first-order valence-electron chi connectivity index (χ1n) is 6.34. The Morgan fingerprint density at radius 3 is 2.82 bits per heavy atom. The van der Waals surface area contributed by atoms with Crippen LogP contribution in [-0.2, 0) is 4.79 Å². The molecule has 1 aliphatic heterocycles. The van der Waals surface area contributed by atoms with Crippen LogP contribution < -0.4 is 5.32 Å². The molecule has 2 saturated carbocycles. The fourth-order valence-corrected chi connectivity index (χ4v) is 3.63. The minimum Gasteiger partial charge on any atom is -0.318 e. The molecular formula is C13H16N2OS. The number of carbonyl (C=O) groups is 1. The van der Waals surface area contributed by atoms with Crippen LogP contribution in [0.25, 0.3) is 0 Å². The number of thiophene rings is 1. The fraction of sp³-hybridized carbons (Fsp3) is 0.615. The summed E-state index contributed by atoms with van der Waals surface area (Å²) in [5.41, 5.74) is 1.07. The van der Waals surface area contributed by atoms with Crippen molar-refractivity contribution in [2.24, 2.45) is 5.92 Å². The molecule has 0 bridgehead atoms. The third-order valence-corrected chi connectivity index (χ3v) is 5.07. The highest BCUT2D eigenvalue weighted by atomic mass is 32.1. The van der Waals surface area contributed by atoms with E-state index in [4.69, 9.17) is 0 Å². The Morgan fingerprint density at radius 1 is 1.53 bits per heavy atom. The van der Waals surface area contributed by atoms with Crippen LogP contribution in [0.15, 0.2) is 16.8 Å². The van der Waals surface area contributed by atoms with Gasteiger partial charge < -0.3 is 4.90 Å². The lowest BCUT2D eigenvalue weighted by Gasteiger charge is -2.23. The number of hydrogen-bond acceptors (Lipinski definition) is 3. The Kier molecular flexibility index (Phi) is 1.85. The lowest BCUT2D eigenvalue weighted by molar-refractivity contribution is -0.131. The van der Waals surface area contributed by atoms with Crippen LogP contribution in [0.5, 0.6) is 0 Å². The van der Waals surface area contributed by atoms with E-state index in [1.807, 2.05) is 0 Å². The maximum atomic E-state index is 12.5. The van der Waals surface area contributed by atoms with Gasteiger partial charge in [-0.2, -0.15) is 11.3 Å². The largest absolute Gasteiger partial charge is 0.318 e. The molecule has 3 nitrogen and oxygen atoms in total. The second kappa shape index (κ2) is 3.12. The molecule has 1 N–H and O–H groups in total. The number of carbonyl (C=O) groups excluding carboxylic acids is 1. The molecule has 0 radical (unpaired) electrons. The fourth-order valence-electron chi connectivity index (χ4n) is 2.95. The van der Waals surface area contributed by atoms with E-state index in [-0.39, 0.29) is 11.7 Å². The molecule has 1 spiro atoms. The molecule has 3 fully saturated rings. The van der Waals surface area contributed by atoms with E-state index in [1.165, 1.54) is 12.0 Å². The molecule has 4 heteroatoms. The van der Waals surface area contributed by atoms with E-state index in [0.717, 1.165) is 12.8 Å². The lowest BCUT2D eigenvalue weighted by Crippen LogP contribution is -2.34. The van der Waals surface area contributed by atoms with Crippen molar-refractivity contribution < 1.29 is 4.79 Å². The Morgan fingerprint density at radius 2 is 2.29 bits per heavy atom. The van der Waals surface area contributed by atoms with Crippen molar-refractivity contribution in [1.82, 2.24) is 10.2 Å². The van der Waals surface area contributed by atoms with Crippen molar-refractivity contribution in [1.29, 1.82) is 0 Å². The van der Waals surface area contributed by atoms with Crippen LogP contribution in [-0.4, -0.2) is 22.4 Å². The van der Waals surface area contributed by atoms with Crippen LogP contribution in [0, 0.1) is 5.92 Å². The first kappa shape index (κ1) is 10.1. The van der Waals surface area contributed by atoms with Gasteiger partial charge in [0, 0.05) is 6.04 Å². The van der Waals surface area contributed by atoms with Gasteiger partial charge in [0.25, 0.3) is 0 Å². The second-order valence-electron chi connectivity index (χ2n) is 5.68. The minimum absolute atomic E-state index is 0.131. The molecule has 1 amide bonds. The average molecular weight is 248 g/mol. The van der Waals surface area contributed by atoms with Crippen molar-refractivity contribution in [2.45, 2.75) is 43.9 Å². The van der Waals surface area contributed by atoms with Crippen molar-refractivity contribution in [2.75, 3.05) is 0 Å². The van der Waals surface area contributed by atoms with Crippen LogP contribution in [0.1, 0.15) is 37.9 Å². The third kappa shape index (κ3) is 1.34. The standard InChI is InChI=1S/C13H16N2OS/c1-8-6-10(8)15-11(9-2-5-17-7-9)14-13(3-4-13)12(15)16/h2,5,7-8,10-11,14H,3-4,6H2,1H3. The predicted octanol–water partition coefficient (Wildman–Crippen LogP) is 2.12. The van der Waals surface area contributed by atoms with E-state index in [1.54, 1.807) is 11.3 Å². The summed E-state index contributed by atoms with van der Waals surface area (Å²) in [5, 5.41) is 7.82. The lowest BCUT2D eigenvalue weighted by atomic mass is 10.2. The van der Waals surface area contributed by atoms with E-state index in [2.05, 4.69) is 34.0 Å². The number of rotatable bonds is 2. The number of nitrogens with one attached hydrogen (secondary N) is 1. The van der Waals surface area contributed by atoms with Gasteiger partial charge in [-0.05, 0) is 47.6 Å². The van der Waals surface area contributed by atoms with E-state index < -0.39 is 0 Å². The zero-order valence-electron chi connectivity index (χ0n) is 9.85. The van der Waals surface area contributed by atoms with E-state index in [9.17, 15) is 4.79 Å². The monoisotopic (exact) mass is 248 g/mol. The van der Waals surface area contributed by atoms with Gasteiger partial charge >= 0.3 is 0 Å². The molecular weight excluding hydrogens is 232 g/mol. The Hall–Kier alpha value is -0.870. The SMILES string of the molecule is CC1CC1N1C(=O)C2(CC2)NC1c1ccsc1. The molecule has 1 saturated heterocycles. The van der Waals surface area contributed by atoms with Crippen molar-refractivity contribution in [3.63, 3.8) is 0 Å². The van der Waals surface area contributed by atoms with Crippen molar-refractivity contribution in [3.05, 3.63) is 22.4 Å². The first-order valence-corrected chi connectivity index (χ1v) is 7.28.